The van der Waals surface area contributed by atoms with Crippen LogP contribution in [0.25, 0.3) is 0 Å². The maximum absolute atomic E-state index is 13.7. The summed E-state index contributed by atoms with van der Waals surface area (Å²) in [6.07, 6.45) is 14.4. The third kappa shape index (κ3) is 7.91. The Balaban J connectivity index is 0.000000327. The fourth-order valence-electron chi connectivity index (χ4n) is 3.98. The highest BCUT2D eigenvalue weighted by molar-refractivity contribution is 7.13. The van der Waals surface area contributed by atoms with Crippen LogP contribution in [0.4, 0.5) is 46.4 Å². The Morgan fingerprint density at radius 3 is 2.17 bits per heavy atom. The van der Waals surface area contributed by atoms with E-state index in [-0.39, 0.29) is 17.8 Å². The predicted octanol–water partition coefficient (Wildman–Crippen LogP) is 4.67. The molecule has 220 valence electrons. The monoisotopic (exact) mass is 594 g/mol. The highest BCUT2D eigenvalue weighted by Crippen LogP contribution is 2.42. The first-order chi connectivity index (χ1) is 19.7. The van der Waals surface area contributed by atoms with Gasteiger partial charge in [-0.1, -0.05) is 0 Å². The van der Waals surface area contributed by atoms with Gasteiger partial charge in [0.1, 0.15) is 0 Å². The van der Waals surface area contributed by atoms with E-state index in [1.165, 1.54) is 11.3 Å². The maximum atomic E-state index is 13.7. The largest absolute Gasteiger partial charge is 0.341 e. The number of terminal acetylenes is 1. The minimum Gasteiger partial charge on any atom is -0.341 e. The summed E-state index contributed by atoms with van der Waals surface area (Å²) in [5.74, 6) is -7.14. The molecule has 11 nitrogen and oxygen atoms in total. The summed E-state index contributed by atoms with van der Waals surface area (Å²) in [6.45, 7) is 5.14. The number of aromatic amines is 1. The molecule has 41 heavy (non-hydrogen) atoms. The van der Waals surface area contributed by atoms with Gasteiger partial charge < -0.3 is 20.4 Å². The number of amides is 1. The number of hydrogen-bond donors (Lipinski definition) is 3. The molecule has 3 aromatic rings. The van der Waals surface area contributed by atoms with Crippen LogP contribution < -0.4 is 20.4 Å². The van der Waals surface area contributed by atoms with Crippen molar-refractivity contribution >= 4 is 46.5 Å². The Labute approximate surface area is 238 Å². The first kappa shape index (κ1) is 31.3. The smallest absolute Gasteiger partial charge is 0.329 e. The van der Waals surface area contributed by atoms with E-state index >= 15 is 0 Å². The zero-order valence-corrected chi connectivity index (χ0v) is 22.9. The predicted molar refractivity (Wildman–Crippen MR) is 150 cm³/mol. The van der Waals surface area contributed by atoms with Gasteiger partial charge >= 0.3 is 11.8 Å². The van der Waals surface area contributed by atoms with E-state index in [0.29, 0.717) is 36.4 Å². The summed E-state index contributed by atoms with van der Waals surface area (Å²) in [6, 6.07) is 1.84. The lowest BCUT2D eigenvalue weighted by Gasteiger charge is -2.20. The van der Waals surface area contributed by atoms with Crippen molar-refractivity contribution < 1.29 is 22.4 Å². The van der Waals surface area contributed by atoms with E-state index < -0.39 is 24.9 Å². The van der Waals surface area contributed by atoms with Crippen LogP contribution in [0, 0.1) is 12.8 Å². The van der Waals surface area contributed by atoms with Crippen LogP contribution in [0.15, 0.2) is 30.8 Å². The molecule has 3 fully saturated rings. The number of nitrogens with one attached hydrogen (secondary N) is 3. The van der Waals surface area contributed by atoms with Crippen LogP contribution in [0.3, 0.4) is 0 Å². The van der Waals surface area contributed by atoms with Crippen molar-refractivity contribution in [3.05, 3.63) is 36.5 Å². The summed E-state index contributed by atoms with van der Waals surface area (Å²) < 4.78 is 54.8. The third-order valence-electron chi connectivity index (χ3n) is 6.07. The molecular weight excluding hydrogens is 564 g/mol. The molecular formula is C25H30F4N10OS. The van der Waals surface area contributed by atoms with Crippen molar-refractivity contribution in [1.29, 1.82) is 0 Å². The summed E-state index contributed by atoms with van der Waals surface area (Å²) in [5.41, 5.74) is 1.00. The highest BCUT2D eigenvalue weighted by Gasteiger charge is 2.63. The van der Waals surface area contributed by atoms with Gasteiger partial charge in [0, 0.05) is 42.3 Å². The van der Waals surface area contributed by atoms with E-state index in [1.807, 2.05) is 11.0 Å². The second kappa shape index (κ2) is 13.9. The number of H-pyrrole nitrogens is 1. The second-order valence-electron chi connectivity index (χ2n) is 8.93. The van der Waals surface area contributed by atoms with Crippen LogP contribution in [0.1, 0.15) is 37.3 Å². The van der Waals surface area contributed by atoms with Crippen molar-refractivity contribution in [1.82, 2.24) is 30.1 Å². The minimum absolute atomic E-state index is 0.0873. The lowest BCUT2D eigenvalue weighted by molar-refractivity contribution is -0.172. The molecule has 2 saturated heterocycles. The first-order valence-corrected chi connectivity index (χ1v) is 13.4. The topological polar surface area (TPSA) is 128 Å². The summed E-state index contributed by atoms with van der Waals surface area (Å²) in [7, 11) is 0. The molecule has 3 aliphatic rings. The van der Waals surface area contributed by atoms with E-state index in [1.54, 1.807) is 11.6 Å². The fourth-order valence-corrected chi connectivity index (χ4v) is 4.47. The SMILES string of the molecule is C#C.C=C.FC1(F)CN(c2nc(Nc3cc(C4CC4)[nH]n3)nc(N3CCCC3)n2)CC1(F)F.O=CNc1nccs1. The molecule has 16 heteroatoms. The quantitative estimate of drug-likeness (QED) is 0.155. The van der Waals surface area contributed by atoms with E-state index in [0.717, 1.165) is 36.3 Å². The molecule has 1 aliphatic carbocycles. The van der Waals surface area contributed by atoms with Gasteiger partial charge in [-0.05, 0) is 25.7 Å². The Kier molecular flexibility index (Phi) is 10.6. The fraction of sp³-hybridized carbons (Fsp3) is 0.440. The van der Waals surface area contributed by atoms with Crippen LogP contribution in [0.5, 0.6) is 0 Å². The van der Waals surface area contributed by atoms with Gasteiger partial charge in [0.25, 0.3) is 0 Å². The number of carbonyl (C=O) groups excluding carboxylic acids is 1. The van der Waals surface area contributed by atoms with Crippen molar-refractivity contribution in [2.75, 3.05) is 46.6 Å². The van der Waals surface area contributed by atoms with Crippen molar-refractivity contribution in [3.8, 4) is 12.8 Å². The number of nitrogens with zero attached hydrogens (tertiary/aromatic N) is 7. The third-order valence-corrected chi connectivity index (χ3v) is 6.77. The zero-order valence-electron chi connectivity index (χ0n) is 22.1. The average Bonchev–Trinajstić information content (AvgIpc) is 3.35. The van der Waals surface area contributed by atoms with Gasteiger partial charge in [0.2, 0.25) is 24.3 Å². The van der Waals surface area contributed by atoms with Crippen molar-refractivity contribution in [2.24, 2.45) is 0 Å². The highest BCUT2D eigenvalue weighted by atomic mass is 32.1. The van der Waals surface area contributed by atoms with Crippen LogP contribution in [-0.4, -0.2) is 74.6 Å². The van der Waals surface area contributed by atoms with Crippen LogP contribution in [0.2, 0.25) is 0 Å². The minimum atomic E-state index is -4.14. The molecule has 0 bridgehead atoms. The number of thiazole rings is 1. The van der Waals surface area contributed by atoms with Gasteiger partial charge in [-0.3, -0.25) is 9.89 Å². The molecule has 0 atom stereocenters. The Morgan fingerprint density at radius 2 is 1.63 bits per heavy atom. The van der Waals surface area contributed by atoms with Gasteiger partial charge in [-0.25, -0.2) is 4.98 Å². The van der Waals surface area contributed by atoms with E-state index in [2.05, 4.69) is 66.8 Å². The normalized spacial score (nSPS) is 18.1. The van der Waals surface area contributed by atoms with Crippen molar-refractivity contribution in [2.45, 2.75) is 43.4 Å². The molecule has 1 amide bonds. The number of carbonyl (C=O) groups is 1. The molecule has 0 radical (unpaired) electrons. The van der Waals surface area contributed by atoms with Gasteiger partial charge in [0.05, 0.1) is 13.1 Å². The van der Waals surface area contributed by atoms with E-state index in [9.17, 15) is 22.4 Å². The number of anilines is 5. The van der Waals surface area contributed by atoms with Crippen LogP contribution >= 0.6 is 11.3 Å². The number of alkyl halides is 4. The average molecular weight is 595 g/mol. The molecule has 3 aromatic heterocycles. The standard InChI is InChI=1S/C17H20F4N8.C4H4N2OS.C2H4.C2H2/c18-16(19)8-29(9-17(16,20)21)15-24-13(23-14(25-15)28-5-1-2-6-28)22-12-7-11(26-27-12)10-3-4-10;7-3-6-4-5-1-2-8-4;2*1-2/h7,10H,1-6,8-9H2,(H2,22,23,24,25,26,27);1-3H,(H,5,6,7);1-2H2;1-2H. The second-order valence-corrected chi connectivity index (χ2v) is 9.82. The number of aromatic nitrogens is 6. The molecule has 0 unspecified atom stereocenters. The van der Waals surface area contributed by atoms with Crippen molar-refractivity contribution in [3.63, 3.8) is 0 Å². The Bertz CT molecular complexity index is 1260. The van der Waals surface area contributed by atoms with E-state index in [4.69, 9.17) is 0 Å². The van der Waals surface area contributed by atoms with Gasteiger partial charge in [-0.15, -0.1) is 37.3 Å². The number of hydrogen-bond acceptors (Lipinski definition) is 10. The first-order valence-electron chi connectivity index (χ1n) is 12.5. The molecule has 0 spiro atoms. The number of rotatable bonds is 7. The molecule has 6 rings (SSSR count). The Morgan fingerprint density at radius 1 is 1.02 bits per heavy atom. The zero-order chi connectivity index (χ0) is 30.0. The summed E-state index contributed by atoms with van der Waals surface area (Å²) in [5, 5.41) is 14.9. The van der Waals surface area contributed by atoms with Gasteiger partial charge in [0.15, 0.2) is 10.9 Å². The molecule has 5 heterocycles. The number of halogens is 4. The molecule has 0 aromatic carbocycles. The lowest BCUT2D eigenvalue weighted by Crippen LogP contribution is -2.38. The maximum Gasteiger partial charge on any atom is 0.329 e. The van der Waals surface area contributed by atoms with Crippen LogP contribution in [-0.2, 0) is 4.79 Å². The lowest BCUT2D eigenvalue weighted by atomic mass is 10.2. The Hall–Kier alpha value is -4.26. The summed E-state index contributed by atoms with van der Waals surface area (Å²) in [4.78, 5) is 28.9. The molecule has 2 aliphatic heterocycles. The molecule has 1 saturated carbocycles. The van der Waals surface area contributed by atoms with Gasteiger partial charge in [-0.2, -0.15) is 37.6 Å². The molecule has 3 N–H and O–H groups in total. The summed E-state index contributed by atoms with van der Waals surface area (Å²) >= 11 is 1.39.